The van der Waals surface area contributed by atoms with Crippen LogP contribution in [0.1, 0.15) is 252 Å². The number of hydrogen-bond acceptors (Lipinski definition) is 11. The molecule has 0 aromatic carbocycles. The highest BCUT2D eigenvalue weighted by Gasteiger charge is 2.50. The molecule has 6 unspecified atom stereocenters. The van der Waals surface area contributed by atoms with E-state index in [0.29, 0.717) is 19.3 Å². The third-order valence-corrected chi connectivity index (χ3v) is 13.8. The molecule has 12 nitrogen and oxygen atoms in total. The normalized spacial score (nSPS) is 18.5. The van der Waals surface area contributed by atoms with Crippen LogP contribution in [0.5, 0.6) is 0 Å². The molecule has 0 radical (unpaired) electrons. The van der Waals surface area contributed by atoms with Gasteiger partial charge in [0.25, 0.3) is 0 Å². The highest BCUT2D eigenvalue weighted by atomic mass is 16.7. The predicted octanol–water partition coefficient (Wildman–Crippen LogP) is 17.0. The molecule has 1 heterocycles. The van der Waals surface area contributed by atoms with Crippen LogP contribution in [0.25, 0.3) is 0 Å². The molecule has 3 N–H and O–H groups in total. The van der Waals surface area contributed by atoms with Gasteiger partial charge < -0.3 is 39.0 Å². The molecule has 1 aliphatic heterocycles. The molecule has 1 fully saturated rings. The average molecular weight is 1130 g/mol. The summed E-state index contributed by atoms with van der Waals surface area (Å²) < 4.78 is 28.4. The fourth-order valence-electron chi connectivity index (χ4n) is 8.95. The topological polar surface area (TPSA) is 175 Å². The Morgan fingerprint density at radius 2 is 0.802 bits per heavy atom. The van der Waals surface area contributed by atoms with Crippen LogP contribution in [-0.4, -0.2) is 89.2 Å². The number of carbonyl (C=O) groups excluding carboxylic acids is 3. The minimum atomic E-state index is -1.92. The quantitative estimate of drug-likeness (QED) is 0.0228. The second kappa shape index (κ2) is 55.9. The van der Waals surface area contributed by atoms with E-state index in [-0.39, 0.29) is 25.9 Å². The highest BCUT2D eigenvalue weighted by molar-refractivity contribution is 5.74. The summed E-state index contributed by atoms with van der Waals surface area (Å²) in [7, 11) is 0. The smallest absolute Gasteiger partial charge is 0.335 e. The number of rotatable bonds is 53. The lowest BCUT2D eigenvalue weighted by atomic mass is 9.98. The van der Waals surface area contributed by atoms with Crippen molar-refractivity contribution in [2.45, 2.75) is 289 Å². The van der Waals surface area contributed by atoms with Gasteiger partial charge in [-0.3, -0.25) is 14.4 Å². The number of carboxylic acids is 1. The third-order valence-electron chi connectivity index (χ3n) is 13.8. The number of unbranched alkanes of at least 4 members (excludes halogenated alkanes) is 21. The number of allylic oxidation sites excluding steroid dienone is 18. The molecule has 0 aliphatic carbocycles. The average Bonchev–Trinajstić information content (AvgIpc) is 3.53. The molecule has 0 bridgehead atoms. The van der Waals surface area contributed by atoms with Crippen molar-refractivity contribution < 1.29 is 58.2 Å². The van der Waals surface area contributed by atoms with Crippen molar-refractivity contribution in [3.8, 4) is 0 Å². The van der Waals surface area contributed by atoms with E-state index in [9.17, 15) is 34.5 Å². The Morgan fingerprint density at radius 3 is 1.27 bits per heavy atom. The van der Waals surface area contributed by atoms with Crippen molar-refractivity contribution in [1.29, 1.82) is 0 Å². The minimum Gasteiger partial charge on any atom is -0.479 e. The van der Waals surface area contributed by atoms with Crippen LogP contribution in [0.2, 0.25) is 0 Å². The molecule has 6 atom stereocenters. The first kappa shape index (κ1) is 74.4. The van der Waals surface area contributed by atoms with Crippen LogP contribution in [0.3, 0.4) is 0 Å². The summed E-state index contributed by atoms with van der Waals surface area (Å²) in [5, 5.41) is 31.6. The van der Waals surface area contributed by atoms with E-state index < -0.39 is 67.3 Å². The monoisotopic (exact) mass is 1130 g/mol. The van der Waals surface area contributed by atoms with Crippen LogP contribution in [0, 0.1) is 0 Å². The van der Waals surface area contributed by atoms with Gasteiger partial charge in [-0.25, -0.2) is 4.79 Å². The van der Waals surface area contributed by atoms with E-state index in [1.165, 1.54) is 57.8 Å². The van der Waals surface area contributed by atoms with Crippen LogP contribution >= 0.6 is 0 Å². The van der Waals surface area contributed by atoms with Gasteiger partial charge in [-0.05, 0) is 116 Å². The second-order valence-corrected chi connectivity index (χ2v) is 21.3. The van der Waals surface area contributed by atoms with Crippen molar-refractivity contribution in [3.63, 3.8) is 0 Å². The van der Waals surface area contributed by atoms with Gasteiger partial charge in [0.15, 0.2) is 24.6 Å². The molecule has 0 saturated carbocycles. The molecule has 0 amide bonds. The summed E-state index contributed by atoms with van der Waals surface area (Å²) in [6.07, 6.45) is 63.4. The summed E-state index contributed by atoms with van der Waals surface area (Å²) in [4.78, 5) is 51.3. The molecule has 81 heavy (non-hydrogen) atoms. The molecule has 0 spiro atoms. The summed E-state index contributed by atoms with van der Waals surface area (Å²) in [5.41, 5.74) is 0. The van der Waals surface area contributed by atoms with Gasteiger partial charge in [0.2, 0.25) is 0 Å². The first-order chi connectivity index (χ1) is 39.6. The fourth-order valence-corrected chi connectivity index (χ4v) is 8.95. The largest absolute Gasteiger partial charge is 0.479 e. The van der Waals surface area contributed by atoms with Crippen molar-refractivity contribution in [2.75, 3.05) is 13.2 Å². The molecule has 1 saturated heterocycles. The van der Waals surface area contributed by atoms with Crippen LogP contribution in [0.15, 0.2) is 109 Å². The first-order valence-electron chi connectivity index (χ1n) is 31.9. The first-order valence-corrected chi connectivity index (χ1v) is 31.9. The van der Waals surface area contributed by atoms with Crippen LogP contribution in [-0.2, 0) is 42.9 Å². The van der Waals surface area contributed by atoms with Gasteiger partial charge >= 0.3 is 23.9 Å². The Morgan fingerprint density at radius 1 is 0.420 bits per heavy atom. The van der Waals surface area contributed by atoms with Crippen molar-refractivity contribution >= 4 is 23.9 Å². The number of carbonyl (C=O) groups is 4. The lowest BCUT2D eigenvalue weighted by molar-refractivity contribution is -0.301. The summed E-state index contributed by atoms with van der Waals surface area (Å²) in [6, 6.07) is 0. The Kier molecular flexibility index (Phi) is 51.3. The van der Waals surface area contributed by atoms with Crippen LogP contribution in [0.4, 0.5) is 0 Å². The van der Waals surface area contributed by atoms with E-state index >= 15 is 0 Å². The number of aliphatic hydroxyl groups excluding tert-OH is 2. The van der Waals surface area contributed by atoms with Crippen LogP contribution < -0.4 is 0 Å². The highest BCUT2D eigenvalue weighted by Crippen LogP contribution is 2.26. The summed E-state index contributed by atoms with van der Waals surface area (Å²) >= 11 is 0. The van der Waals surface area contributed by atoms with E-state index in [1.54, 1.807) is 0 Å². The number of carboxylic acid groups (broad SMARTS) is 1. The molecular formula is C69H112O12. The molecule has 0 aromatic heterocycles. The van der Waals surface area contributed by atoms with E-state index in [0.717, 1.165) is 135 Å². The SMILES string of the molecule is CC/C=C\C/C=C\C/C=C\C/C=C\C/C=C\C/C=C\CCC(=O)OCC(COC1OC(C(=O)O)C(O)C(O)C1OC(=O)CCCCCCCCC/C=C\C/C=C\CCCCC)OC(=O)CCCCCCC/C=C\CCCCCCCC. The van der Waals surface area contributed by atoms with Gasteiger partial charge in [0.1, 0.15) is 18.8 Å². The molecule has 1 aliphatic rings. The number of hydrogen-bond donors (Lipinski definition) is 3. The summed E-state index contributed by atoms with van der Waals surface area (Å²) in [5.74, 6) is -3.26. The van der Waals surface area contributed by atoms with Gasteiger partial charge in [0, 0.05) is 19.3 Å². The van der Waals surface area contributed by atoms with Crippen molar-refractivity contribution in [3.05, 3.63) is 109 Å². The van der Waals surface area contributed by atoms with Gasteiger partial charge in [0.05, 0.1) is 6.61 Å². The zero-order chi connectivity index (χ0) is 58.9. The molecule has 1 rings (SSSR count). The molecule has 0 aromatic rings. The predicted molar refractivity (Wildman–Crippen MR) is 330 cm³/mol. The van der Waals surface area contributed by atoms with Gasteiger partial charge in [-0.15, -0.1) is 0 Å². The van der Waals surface area contributed by atoms with E-state index in [1.807, 2.05) is 12.2 Å². The number of aliphatic carboxylic acids is 1. The zero-order valence-corrected chi connectivity index (χ0v) is 50.7. The van der Waals surface area contributed by atoms with E-state index in [4.69, 9.17) is 23.7 Å². The third kappa shape index (κ3) is 45.6. The molecular weight excluding hydrogens is 1020 g/mol. The Hall–Kier alpha value is -4.62. The fraction of sp³-hybridized carbons (Fsp3) is 0.681. The Labute approximate surface area is 491 Å². The number of esters is 3. The van der Waals surface area contributed by atoms with Gasteiger partial charge in [-0.2, -0.15) is 0 Å². The second-order valence-electron chi connectivity index (χ2n) is 21.3. The maximum absolute atomic E-state index is 13.2. The standard InChI is InChI=1S/C69H112O12/c1-4-7-10-13-16-19-22-25-28-30-31-33-35-37-40-43-46-49-52-55-61(70)77-58-60(79-62(71)56-53-50-47-44-41-38-34-27-24-21-18-15-12-9-6-3)59-78-69-67(65(74)64(73)66(81-69)68(75)76)80-63(72)57-54-51-48-45-42-39-36-32-29-26-23-20-17-14-11-8-5-2/h7,10,16-17,19-20,25-29,31,33-34,37,40,46,49,60,64-67,69,73-74H,4-6,8-9,11-15,18,21-24,30,32,35-36,38-39,41-45,47-48,50-59H2,1-3H3,(H,75,76)/b10-7-,19-16-,20-17-,28-25-,29-26-,33-31-,34-27-,40-37-,49-46-. The Balaban J connectivity index is 2.73. The molecule has 460 valence electrons. The molecule has 12 heteroatoms. The summed E-state index contributed by atoms with van der Waals surface area (Å²) in [6.45, 7) is 5.78. The lowest BCUT2D eigenvalue weighted by Crippen LogP contribution is -2.61. The lowest BCUT2D eigenvalue weighted by Gasteiger charge is -2.40. The minimum absolute atomic E-state index is 0.0390. The maximum Gasteiger partial charge on any atom is 0.335 e. The van der Waals surface area contributed by atoms with Gasteiger partial charge in [-0.1, -0.05) is 226 Å². The maximum atomic E-state index is 13.2. The number of ether oxygens (including phenoxy) is 5. The van der Waals surface area contributed by atoms with Crippen molar-refractivity contribution in [1.82, 2.24) is 0 Å². The Bertz CT molecular complexity index is 1820. The van der Waals surface area contributed by atoms with E-state index in [2.05, 4.69) is 118 Å². The van der Waals surface area contributed by atoms with Crippen molar-refractivity contribution in [2.24, 2.45) is 0 Å². The number of aliphatic hydroxyl groups is 2. The zero-order valence-electron chi connectivity index (χ0n) is 50.7.